The largest absolute Gasteiger partial charge is 0.465 e. The molecule has 0 aliphatic heterocycles. The number of nitriles is 1. The van der Waals surface area contributed by atoms with Crippen LogP contribution in [0.2, 0.25) is 0 Å². The number of carbonyl (C=O) groups excluding carboxylic acids is 2. The second-order valence-corrected chi connectivity index (χ2v) is 6.68. The summed E-state index contributed by atoms with van der Waals surface area (Å²) in [6.45, 7) is 3.80. The third kappa shape index (κ3) is 4.47. The first kappa shape index (κ1) is 20.6. The number of esters is 1. The van der Waals surface area contributed by atoms with Crippen molar-refractivity contribution in [3.8, 4) is 17.4 Å². The number of anilines is 1. The molecule has 0 fully saturated rings. The van der Waals surface area contributed by atoms with Crippen LogP contribution in [0.25, 0.3) is 17.4 Å². The number of methoxy groups -OCH3 is 1. The second-order valence-electron chi connectivity index (χ2n) is 6.68. The summed E-state index contributed by atoms with van der Waals surface area (Å²) in [4.78, 5) is 24.5. The Hall–Kier alpha value is -4.11. The van der Waals surface area contributed by atoms with Gasteiger partial charge in [0, 0.05) is 17.3 Å². The maximum absolute atomic E-state index is 12.6. The highest BCUT2D eigenvalue weighted by atomic mass is 16.5. The molecule has 1 N–H and O–H groups in total. The summed E-state index contributed by atoms with van der Waals surface area (Å²) in [5.74, 6) is -0.268. The Balaban J connectivity index is 1.88. The number of hydrogen-bond acceptors (Lipinski definition) is 5. The molecule has 30 heavy (non-hydrogen) atoms. The minimum atomic E-state index is -0.529. The summed E-state index contributed by atoms with van der Waals surface area (Å²) in [5.41, 5.74) is 3.36. The molecule has 3 rings (SSSR count). The fourth-order valence-electron chi connectivity index (χ4n) is 2.91. The highest BCUT2D eigenvalue weighted by Crippen LogP contribution is 2.27. The number of furan rings is 1. The van der Waals surface area contributed by atoms with Crippen LogP contribution in [0.1, 0.15) is 27.2 Å². The lowest BCUT2D eigenvalue weighted by molar-refractivity contribution is -0.112. The Morgan fingerprint density at radius 3 is 2.60 bits per heavy atom. The smallest absolute Gasteiger partial charge is 0.338 e. The van der Waals surface area contributed by atoms with Crippen LogP contribution in [0.15, 0.2) is 64.6 Å². The summed E-state index contributed by atoms with van der Waals surface area (Å²) < 4.78 is 10.6. The van der Waals surface area contributed by atoms with E-state index in [0.717, 1.165) is 11.1 Å². The second kappa shape index (κ2) is 8.93. The third-order valence-corrected chi connectivity index (χ3v) is 4.52. The van der Waals surface area contributed by atoms with Crippen LogP contribution in [0.5, 0.6) is 0 Å². The van der Waals surface area contributed by atoms with Gasteiger partial charge in [-0.3, -0.25) is 4.79 Å². The summed E-state index contributed by atoms with van der Waals surface area (Å²) in [5, 5.41) is 12.2. The zero-order valence-corrected chi connectivity index (χ0v) is 16.9. The molecule has 6 heteroatoms. The van der Waals surface area contributed by atoms with Gasteiger partial charge < -0.3 is 14.5 Å². The lowest BCUT2D eigenvalue weighted by Crippen LogP contribution is -2.14. The summed E-state index contributed by atoms with van der Waals surface area (Å²) in [6, 6.07) is 17.8. The molecule has 0 saturated heterocycles. The van der Waals surface area contributed by atoms with Gasteiger partial charge in [-0.1, -0.05) is 30.3 Å². The third-order valence-electron chi connectivity index (χ3n) is 4.52. The highest BCUT2D eigenvalue weighted by molar-refractivity contribution is 6.09. The number of hydrogen-bond donors (Lipinski definition) is 1. The average molecular weight is 400 g/mol. The van der Waals surface area contributed by atoms with Crippen LogP contribution in [-0.2, 0) is 9.53 Å². The standard InChI is InChI=1S/C24H20N2O4/c1-15-8-9-16(2)21(12-15)26-23(27)17(14-25)13-18-10-11-22(30-18)19-6-4-5-7-20(19)24(28)29-3/h4-13H,1-3H3,(H,26,27)/b17-13+. The van der Waals surface area contributed by atoms with Crippen LogP contribution in [0, 0.1) is 25.2 Å². The fourth-order valence-corrected chi connectivity index (χ4v) is 2.91. The van der Waals surface area contributed by atoms with Gasteiger partial charge in [0.15, 0.2) is 0 Å². The molecule has 3 aromatic rings. The van der Waals surface area contributed by atoms with E-state index in [9.17, 15) is 14.9 Å². The van der Waals surface area contributed by atoms with E-state index in [-0.39, 0.29) is 5.57 Å². The molecule has 0 atom stereocenters. The molecule has 0 bridgehead atoms. The first-order valence-electron chi connectivity index (χ1n) is 9.21. The number of nitrogens with one attached hydrogen (secondary N) is 1. The Labute approximate surface area is 174 Å². The molecule has 2 aromatic carbocycles. The maximum atomic E-state index is 12.6. The Bertz CT molecular complexity index is 1180. The minimum absolute atomic E-state index is 0.0990. The Morgan fingerprint density at radius 2 is 1.87 bits per heavy atom. The number of amides is 1. The van der Waals surface area contributed by atoms with E-state index in [1.165, 1.54) is 13.2 Å². The van der Waals surface area contributed by atoms with Gasteiger partial charge in [-0.25, -0.2) is 4.79 Å². The van der Waals surface area contributed by atoms with Gasteiger partial charge in [-0.05, 0) is 49.2 Å². The van der Waals surface area contributed by atoms with Gasteiger partial charge in [0.25, 0.3) is 5.91 Å². The molecule has 0 aliphatic carbocycles. The number of rotatable bonds is 5. The zero-order valence-electron chi connectivity index (χ0n) is 16.9. The van der Waals surface area contributed by atoms with Crippen molar-refractivity contribution in [1.82, 2.24) is 0 Å². The van der Waals surface area contributed by atoms with Crippen molar-refractivity contribution in [3.05, 3.63) is 82.6 Å². The molecule has 1 heterocycles. The quantitative estimate of drug-likeness (QED) is 0.374. The van der Waals surface area contributed by atoms with Crippen LogP contribution in [-0.4, -0.2) is 19.0 Å². The SMILES string of the molecule is COC(=O)c1ccccc1-c1ccc(/C=C(\C#N)C(=O)Nc2cc(C)ccc2C)o1. The molecular formula is C24H20N2O4. The molecule has 1 amide bonds. The molecule has 0 spiro atoms. The van der Waals surface area contributed by atoms with Crippen molar-refractivity contribution in [3.63, 3.8) is 0 Å². The van der Waals surface area contributed by atoms with Crippen molar-refractivity contribution in [2.75, 3.05) is 12.4 Å². The average Bonchev–Trinajstić information content (AvgIpc) is 3.22. The van der Waals surface area contributed by atoms with Gasteiger partial charge in [-0.2, -0.15) is 5.26 Å². The Kier molecular flexibility index (Phi) is 6.14. The molecular weight excluding hydrogens is 380 g/mol. The van der Waals surface area contributed by atoms with Crippen molar-refractivity contribution < 1.29 is 18.7 Å². The van der Waals surface area contributed by atoms with Gasteiger partial charge in [0.1, 0.15) is 23.2 Å². The van der Waals surface area contributed by atoms with Crippen LogP contribution in [0.3, 0.4) is 0 Å². The molecule has 0 unspecified atom stereocenters. The summed E-state index contributed by atoms with van der Waals surface area (Å²) in [7, 11) is 1.31. The topological polar surface area (TPSA) is 92.3 Å². The first-order chi connectivity index (χ1) is 14.4. The van der Waals surface area contributed by atoms with E-state index in [1.54, 1.807) is 36.4 Å². The highest BCUT2D eigenvalue weighted by Gasteiger charge is 2.16. The predicted octanol–water partition coefficient (Wildman–Crippen LogP) is 4.90. The zero-order chi connectivity index (χ0) is 21.7. The van der Waals surface area contributed by atoms with Crippen molar-refractivity contribution >= 4 is 23.6 Å². The van der Waals surface area contributed by atoms with Crippen molar-refractivity contribution in [2.45, 2.75) is 13.8 Å². The number of aryl methyl sites for hydroxylation is 2. The monoisotopic (exact) mass is 400 g/mol. The maximum Gasteiger partial charge on any atom is 0.338 e. The number of ether oxygens (including phenoxy) is 1. The van der Waals surface area contributed by atoms with Gasteiger partial charge in [-0.15, -0.1) is 0 Å². The fraction of sp³-hybridized carbons (Fsp3) is 0.125. The predicted molar refractivity (Wildman–Crippen MR) is 114 cm³/mol. The molecule has 6 nitrogen and oxygen atoms in total. The number of benzene rings is 2. The van der Waals surface area contributed by atoms with E-state index < -0.39 is 11.9 Å². The normalized spacial score (nSPS) is 10.9. The van der Waals surface area contributed by atoms with Crippen molar-refractivity contribution in [1.29, 1.82) is 5.26 Å². The van der Waals surface area contributed by atoms with Crippen LogP contribution >= 0.6 is 0 Å². The molecule has 0 radical (unpaired) electrons. The van der Waals surface area contributed by atoms with E-state index >= 15 is 0 Å². The van der Waals surface area contributed by atoms with E-state index in [1.807, 2.05) is 38.1 Å². The lowest BCUT2D eigenvalue weighted by atomic mass is 10.1. The van der Waals surface area contributed by atoms with Gasteiger partial charge >= 0.3 is 5.97 Å². The molecule has 0 aliphatic rings. The lowest BCUT2D eigenvalue weighted by Gasteiger charge is -2.08. The summed E-state index contributed by atoms with van der Waals surface area (Å²) >= 11 is 0. The minimum Gasteiger partial charge on any atom is -0.465 e. The molecule has 0 saturated carbocycles. The summed E-state index contributed by atoms with van der Waals surface area (Å²) in [6.07, 6.45) is 1.37. The Morgan fingerprint density at radius 1 is 1.10 bits per heavy atom. The van der Waals surface area contributed by atoms with Crippen molar-refractivity contribution in [2.24, 2.45) is 0 Å². The first-order valence-corrected chi connectivity index (χ1v) is 9.21. The van der Waals surface area contributed by atoms with E-state index in [2.05, 4.69) is 5.32 Å². The van der Waals surface area contributed by atoms with Gasteiger partial charge in [0.05, 0.1) is 12.7 Å². The van der Waals surface area contributed by atoms with Crippen LogP contribution < -0.4 is 5.32 Å². The van der Waals surface area contributed by atoms with E-state index in [0.29, 0.717) is 28.3 Å². The van der Waals surface area contributed by atoms with Gasteiger partial charge in [0.2, 0.25) is 0 Å². The molecule has 150 valence electrons. The molecule has 1 aromatic heterocycles. The van der Waals surface area contributed by atoms with Crippen LogP contribution in [0.4, 0.5) is 5.69 Å². The number of nitrogens with zero attached hydrogens (tertiary/aromatic N) is 1. The van der Waals surface area contributed by atoms with E-state index in [4.69, 9.17) is 9.15 Å². The number of carbonyl (C=O) groups is 2.